The maximum atomic E-state index is 12.5. The Kier molecular flexibility index (Phi) is 5.27. The molecule has 0 fully saturated rings. The summed E-state index contributed by atoms with van der Waals surface area (Å²) in [4.78, 5) is 20.3. The molecular formula is C17H20ClN5O3S. The number of carbonyl (C=O) groups excluding carboxylic acids is 1. The average molecular weight is 410 g/mol. The van der Waals surface area contributed by atoms with Gasteiger partial charge < -0.3 is 10.3 Å². The molecule has 1 heterocycles. The monoisotopic (exact) mass is 409 g/mol. The third-order valence-corrected chi connectivity index (χ3v) is 5.04. The fourth-order valence-corrected chi connectivity index (χ4v) is 3.58. The van der Waals surface area contributed by atoms with E-state index in [0.717, 1.165) is 29.3 Å². The lowest BCUT2D eigenvalue weighted by atomic mass is 10.1. The molecule has 0 saturated carbocycles. The Morgan fingerprint density at radius 2 is 2.11 bits per heavy atom. The number of aryl methyl sites for hydroxylation is 2. The molecule has 3 rings (SSSR count). The molecule has 0 radical (unpaired) electrons. The zero-order chi connectivity index (χ0) is 19.8. The van der Waals surface area contributed by atoms with E-state index in [1.807, 2.05) is 13.0 Å². The van der Waals surface area contributed by atoms with Crippen molar-refractivity contribution in [1.82, 2.24) is 15.3 Å². The van der Waals surface area contributed by atoms with Crippen molar-refractivity contribution >= 4 is 39.5 Å². The smallest absolute Gasteiger partial charge is 0.296 e. The Labute approximate surface area is 162 Å². The van der Waals surface area contributed by atoms with Crippen LogP contribution in [0.15, 0.2) is 23.2 Å². The summed E-state index contributed by atoms with van der Waals surface area (Å²) in [5, 5.41) is 8.62. The summed E-state index contributed by atoms with van der Waals surface area (Å²) in [6.45, 7) is 3.52. The first-order valence-corrected chi connectivity index (χ1v) is 10.2. The van der Waals surface area contributed by atoms with E-state index in [-0.39, 0.29) is 11.9 Å². The number of carbonyl (C=O) groups is 1. The molecule has 8 nitrogen and oxygen atoms in total. The van der Waals surface area contributed by atoms with Gasteiger partial charge in [0.05, 0.1) is 17.4 Å². The van der Waals surface area contributed by atoms with E-state index in [2.05, 4.69) is 20.0 Å². The summed E-state index contributed by atoms with van der Waals surface area (Å²) in [5.74, 6) is 0.357. The highest BCUT2D eigenvalue weighted by Crippen LogP contribution is 2.26. The van der Waals surface area contributed by atoms with Crippen molar-refractivity contribution in [2.75, 3.05) is 4.72 Å². The summed E-state index contributed by atoms with van der Waals surface area (Å²) in [6, 6.07) is 4.28. The van der Waals surface area contributed by atoms with Crippen LogP contribution in [0.25, 0.3) is 6.08 Å². The van der Waals surface area contributed by atoms with Crippen molar-refractivity contribution < 1.29 is 13.2 Å². The minimum absolute atomic E-state index is 0.296. The Balaban J connectivity index is 1.73. The molecule has 144 valence electrons. The number of fused-ring (bicyclic) bond motifs is 1. The van der Waals surface area contributed by atoms with Crippen molar-refractivity contribution in [1.29, 1.82) is 0 Å². The lowest BCUT2D eigenvalue weighted by Crippen LogP contribution is -2.27. The number of aromatic amines is 1. The minimum Gasteiger partial charge on any atom is -0.344 e. The molecule has 1 aromatic carbocycles. The second kappa shape index (κ2) is 7.34. The van der Waals surface area contributed by atoms with Crippen molar-refractivity contribution in [3.05, 3.63) is 51.6 Å². The number of H-pyrrole nitrogens is 1. The zero-order valence-corrected chi connectivity index (χ0v) is 16.4. The number of nitrogens with two attached hydrogens (primary N) is 1. The highest BCUT2D eigenvalue weighted by Gasteiger charge is 2.19. The van der Waals surface area contributed by atoms with Gasteiger partial charge in [-0.15, -0.1) is 0 Å². The molecule has 0 unspecified atom stereocenters. The van der Waals surface area contributed by atoms with Gasteiger partial charge in [-0.05, 0) is 56.5 Å². The number of aromatic nitrogens is 2. The molecule has 1 amide bonds. The van der Waals surface area contributed by atoms with Gasteiger partial charge in [-0.3, -0.25) is 9.52 Å². The fourth-order valence-electron chi connectivity index (χ4n) is 2.84. The van der Waals surface area contributed by atoms with Gasteiger partial charge in [-0.2, -0.15) is 8.42 Å². The molecule has 5 N–H and O–H groups in total. The number of amides is 1. The number of nitrogens with zero attached hydrogens (tertiary/aromatic N) is 1. The van der Waals surface area contributed by atoms with E-state index in [0.29, 0.717) is 22.6 Å². The van der Waals surface area contributed by atoms with Crippen molar-refractivity contribution in [3.8, 4) is 0 Å². The lowest BCUT2D eigenvalue weighted by molar-refractivity contribution is 0.0938. The summed E-state index contributed by atoms with van der Waals surface area (Å²) in [6.07, 6.45) is 3.39. The molecule has 0 spiro atoms. The summed E-state index contributed by atoms with van der Waals surface area (Å²) in [5.41, 5.74) is 3.11. The number of rotatable bonds is 5. The third kappa shape index (κ3) is 4.68. The van der Waals surface area contributed by atoms with Crippen LogP contribution in [0.3, 0.4) is 0 Å². The van der Waals surface area contributed by atoms with E-state index in [1.54, 1.807) is 13.0 Å². The zero-order valence-electron chi connectivity index (χ0n) is 14.8. The van der Waals surface area contributed by atoms with Crippen LogP contribution in [0.4, 0.5) is 5.69 Å². The Bertz CT molecular complexity index is 1030. The normalized spacial score (nSPS) is 14.9. The molecule has 27 heavy (non-hydrogen) atoms. The Morgan fingerprint density at radius 1 is 1.37 bits per heavy atom. The number of halogens is 1. The predicted octanol–water partition coefficient (Wildman–Crippen LogP) is 2.35. The quantitative estimate of drug-likeness (QED) is 0.603. The largest absolute Gasteiger partial charge is 0.344 e. The van der Waals surface area contributed by atoms with Crippen LogP contribution < -0.4 is 15.2 Å². The highest BCUT2D eigenvalue weighted by atomic mass is 35.5. The van der Waals surface area contributed by atoms with Gasteiger partial charge in [0.15, 0.2) is 0 Å². The number of imidazole rings is 1. The van der Waals surface area contributed by atoms with E-state index in [9.17, 15) is 13.2 Å². The van der Waals surface area contributed by atoms with Crippen LogP contribution in [-0.2, 0) is 16.6 Å². The van der Waals surface area contributed by atoms with E-state index >= 15 is 0 Å². The van der Waals surface area contributed by atoms with Crippen molar-refractivity contribution in [3.63, 3.8) is 0 Å². The number of hydrogen-bond donors (Lipinski definition) is 4. The second-order valence-corrected chi connectivity index (χ2v) is 8.23. The third-order valence-electron chi connectivity index (χ3n) is 4.23. The van der Waals surface area contributed by atoms with Crippen LogP contribution in [0.2, 0.25) is 0 Å². The van der Waals surface area contributed by atoms with Gasteiger partial charge in [0.1, 0.15) is 5.82 Å². The van der Waals surface area contributed by atoms with Crippen LogP contribution in [-0.4, -0.2) is 24.3 Å². The van der Waals surface area contributed by atoms with E-state index in [1.165, 1.54) is 12.1 Å². The SMILES string of the molecule is Cc1cc(C(=O)N[C@@H](C)c2nc3c([nH]2)CCC(Cl)=C3)ccc1NS(N)(=O)=O. The number of benzene rings is 1. The van der Waals surface area contributed by atoms with Gasteiger partial charge in [-0.1, -0.05) is 11.6 Å². The van der Waals surface area contributed by atoms with Crippen LogP contribution in [0, 0.1) is 6.92 Å². The lowest BCUT2D eigenvalue weighted by Gasteiger charge is -2.13. The summed E-state index contributed by atoms with van der Waals surface area (Å²) < 4.78 is 24.5. The maximum Gasteiger partial charge on any atom is 0.296 e. The molecule has 1 aromatic heterocycles. The molecule has 0 aliphatic heterocycles. The number of hydrogen-bond acceptors (Lipinski definition) is 4. The van der Waals surface area contributed by atoms with Crippen LogP contribution in [0.1, 0.15) is 52.5 Å². The fraction of sp³-hybridized carbons (Fsp3) is 0.294. The van der Waals surface area contributed by atoms with Gasteiger partial charge in [0.2, 0.25) is 0 Å². The van der Waals surface area contributed by atoms with Crippen LogP contribution >= 0.6 is 11.6 Å². The highest BCUT2D eigenvalue weighted by molar-refractivity contribution is 7.90. The molecule has 0 saturated heterocycles. The van der Waals surface area contributed by atoms with E-state index < -0.39 is 10.2 Å². The second-order valence-electron chi connectivity index (χ2n) is 6.45. The first kappa shape index (κ1) is 19.4. The van der Waals surface area contributed by atoms with Crippen molar-refractivity contribution in [2.24, 2.45) is 5.14 Å². The van der Waals surface area contributed by atoms with Gasteiger partial charge >= 0.3 is 0 Å². The molecule has 1 aliphatic rings. The van der Waals surface area contributed by atoms with Gasteiger partial charge in [-0.25, -0.2) is 10.1 Å². The molecule has 1 aliphatic carbocycles. The number of nitrogens with one attached hydrogen (secondary N) is 3. The number of anilines is 1. The van der Waals surface area contributed by atoms with Crippen molar-refractivity contribution in [2.45, 2.75) is 32.7 Å². The van der Waals surface area contributed by atoms with E-state index in [4.69, 9.17) is 16.7 Å². The summed E-state index contributed by atoms with van der Waals surface area (Å²) >= 11 is 6.05. The molecule has 1 atom stereocenters. The molecule has 2 aromatic rings. The maximum absolute atomic E-state index is 12.5. The van der Waals surface area contributed by atoms with Gasteiger partial charge in [0, 0.05) is 16.3 Å². The van der Waals surface area contributed by atoms with Gasteiger partial charge in [0.25, 0.3) is 16.1 Å². The van der Waals surface area contributed by atoms with Crippen LogP contribution in [0.5, 0.6) is 0 Å². The molecular weight excluding hydrogens is 390 g/mol. The Morgan fingerprint density at radius 3 is 2.78 bits per heavy atom. The topological polar surface area (TPSA) is 130 Å². The first-order chi connectivity index (χ1) is 12.6. The molecule has 0 bridgehead atoms. The predicted molar refractivity (Wildman–Crippen MR) is 105 cm³/mol. The summed E-state index contributed by atoms with van der Waals surface area (Å²) in [7, 11) is -3.87. The number of allylic oxidation sites excluding steroid dienone is 1. The standard InChI is InChI=1S/C17H20ClN5O3S/c1-9-7-11(3-5-13(9)23-27(19,25)26)17(24)20-10(2)16-21-14-6-4-12(18)8-15(14)22-16/h3,5,7-8,10,23H,4,6H2,1-2H3,(H,20,24)(H,21,22)(H2,19,25,26)/t10-/m0/s1. The first-order valence-electron chi connectivity index (χ1n) is 8.29. The average Bonchev–Trinajstić information content (AvgIpc) is 2.98. The molecule has 10 heteroatoms. The minimum atomic E-state index is -3.87. The Hall–Kier alpha value is -2.36.